The van der Waals surface area contributed by atoms with E-state index >= 15 is 0 Å². The molecular formula is C7H5NaO4S2. The number of benzene rings is 1. The third-order valence-corrected chi connectivity index (χ3v) is 2.84. The molecule has 1 aromatic carbocycles. The van der Waals surface area contributed by atoms with Crippen LogP contribution in [0.5, 0.6) is 0 Å². The van der Waals surface area contributed by atoms with E-state index in [0.29, 0.717) is 0 Å². The summed E-state index contributed by atoms with van der Waals surface area (Å²) in [5.74, 6) is 0. The van der Waals surface area contributed by atoms with Crippen LogP contribution in [-0.4, -0.2) is 18.1 Å². The summed E-state index contributed by atoms with van der Waals surface area (Å²) in [7, 11) is -4.77. The van der Waals surface area contributed by atoms with Gasteiger partial charge in [0.05, 0.1) is 0 Å². The van der Waals surface area contributed by atoms with E-state index in [4.69, 9.17) is 0 Å². The van der Waals surface area contributed by atoms with Crippen molar-refractivity contribution in [2.75, 3.05) is 0 Å². The van der Waals surface area contributed by atoms with Crippen LogP contribution in [0.25, 0.3) is 0 Å². The van der Waals surface area contributed by atoms with E-state index in [0.717, 1.165) is 0 Å². The molecule has 70 valence electrons. The Balaban J connectivity index is 0.00000169. The minimum absolute atomic E-state index is 0. The largest absolute Gasteiger partial charge is 1.00 e. The molecule has 0 aliphatic heterocycles. The van der Waals surface area contributed by atoms with E-state index in [9.17, 15) is 17.8 Å². The van der Waals surface area contributed by atoms with Crippen LogP contribution >= 0.6 is 10.8 Å². The van der Waals surface area contributed by atoms with Gasteiger partial charge in [-0.2, -0.15) is 0 Å². The maximum atomic E-state index is 11.0. The summed E-state index contributed by atoms with van der Waals surface area (Å²) in [6.45, 7) is 0. The minimum atomic E-state index is -4.55. The van der Waals surface area contributed by atoms with Gasteiger partial charge in [0.15, 0.2) is 9.15 Å². The van der Waals surface area contributed by atoms with Crippen LogP contribution in [0, 0.1) is 0 Å². The van der Waals surface area contributed by atoms with Crippen molar-refractivity contribution in [2.45, 2.75) is 0 Å². The Labute approximate surface area is 108 Å². The SMILES string of the molecule is O=C(SS(=O)(=O)[O-])c1ccccc1.[Na+]. The predicted octanol–water partition coefficient (Wildman–Crippen LogP) is -1.98. The van der Waals surface area contributed by atoms with Crippen molar-refractivity contribution in [3.05, 3.63) is 35.9 Å². The van der Waals surface area contributed by atoms with Crippen LogP contribution in [0.1, 0.15) is 10.4 Å². The maximum absolute atomic E-state index is 11.0. The molecule has 0 N–H and O–H groups in total. The molecule has 1 rings (SSSR count). The molecule has 4 nitrogen and oxygen atoms in total. The zero-order valence-electron chi connectivity index (χ0n) is 7.34. The molecule has 0 heterocycles. The molecule has 1 aromatic rings. The van der Waals surface area contributed by atoms with Crippen molar-refractivity contribution >= 4 is 25.1 Å². The fraction of sp³-hybridized carbons (Fsp3) is 0. The average molecular weight is 240 g/mol. The Morgan fingerprint density at radius 1 is 1.21 bits per heavy atom. The minimum Gasteiger partial charge on any atom is -0.739 e. The second-order valence-electron chi connectivity index (χ2n) is 2.15. The first-order chi connectivity index (χ1) is 5.99. The molecule has 0 spiro atoms. The Morgan fingerprint density at radius 3 is 2.14 bits per heavy atom. The van der Waals surface area contributed by atoms with Crippen molar-refractivity contribution in [3.8, 4) is 0 Å². The van der Waals surface area contributed by atoms with Gasteiger partial charge in [0.2, 0.25) is 5.12 Å². The molecule has 0 radical (unpaired) electrons. The molecule has 0 saturated carbocycles. The molecule has 0 fully saturated rings. The first kappa shape index (κ1) is 14.2. The van der Waals surface area contributed by atoms with Gasteiger partial charge < -0.3 is 4.55 Å². The fourth-order valence-corrected chi connectivity index (χ4v) is 1.98. The van der Waals surface area contributed by atoms with E-state index in [1.807, 2.05) is 0 Å². The second kappa shape index (κ2) is 5.89. The Bertz CT molecular complexity index is 401. The number of rotatable bonds is 2. The van der Waals surface area contributed by atoms with Crippen molar-refractivity contribution < 1.29 is 47.3 Å². The topological polar surface area (TPSA) is 74.3 Å². The van der Waals surface area contributed by atoms with Gasteiger partial charge in [-0.05, 0) is 0 Å². The van der Waals surface area contributed by atoms with Gasteiger partial charge in [0, 0.05) is 16.4 Å². The Morgan fingerprint density at radius 2 is 1.71 bits per heavy atom. The molecule has 0 aromatic heterocycles. The first-order valence-corrected chi connectivity index (χ1v) is 5.98. The number of carbonyl (C=O) groups is 1. The molecule has 0 aliphatic rings. The van der Waals surface area contributed by atoms with Crippen LogP contribution in [0.4, 0.5) is 0 Å². The van der Waals surface area contributed by atoms with E-state index in [-0.39, 0.29) is 45.9 Å². The van der Waals surface area contributed by atoms with Gasteiger partial charge in [-0.1, -0.05) is 30.3 Å². The fourth-order valence-electron chi connectivity index (χ4n) is 0.715. The first-order valence-electron chi connectivity index (χ1n) is 3.24. The second-order valence-corrected chi connectivity index (χ2v) is 5.22. The summed E-state index contributed by atoms with van der Waals surface area (Å²) in [5, 5.41) is -0.754. The third kappa shape index (κ3) is 5.14. The van der Waals surface area contributed by atoms with Crippen LogP contribution < -0.4 is 29.6 Å². The van der Waals surface area contributed by atoms with Crippen molar-refractivity contribution in [1.82, 2.24) is 0 Å². The third-order valence-electron chi connectivity index (χ3n) is 1.19. The van der Waals surface area contributed by atoms with Gasteiger partial charge in [0.1, 0.15) is 0 Å². The molecule has 0 amide bonds. The van der Waals surface area contributed by atoms with Crippen molar-refractivity contribution in [1.29, 1.82) is 0 Å². The van der Waals surface area contributed by atoms with Crippen LogP contribution in [0.3, 0.4) is 0 Å². The van der Waals surface area contributed by atoms with Gasteiger partial charge in [0.25, 0.3) is 0 Å². The standard InChI is InChI=1S/C7H6O4S2.Na/c8-7(12-13(9,10)11)6-4-2-1-3-5-6;/h1-5H,(H,9,10,11);/q;+1/p-1. The molecule has 0 atom stereocenters. The average Bonchev–Trinajstić information content (AvgIpc) is 2.03. The summed E-state index contributed by atoms with van der Waals surface area (Å²) in [6.07, 6.45) is 0. The van der Waals surface area contributed by atoms with Gasteiger partial charge in [-0.15, -0.1) is 0 Å². The molecule has 0 bridgehead atoms. The molecule has 0 unspecified atom stereocenters. The monoisotopic (exact) mass is 240 g/mol. The summed E-state index contributed by atoms with van der Waals surface area (Å²) in [6, 6.07) is 7.75. The van der Waals surface area contributed by atoms with Crippen LogP contribution in [0.2, 0.25) is 0 Å². The molecule has 14 heavy (non-hydrogen) atoms. The molecule has 0 saturated heterocycles. The molecular weight excluding hydrogens is 235 g/mol. The van der Waals surface area contributed by atoms with E-state index in [1.54, 1.807) is 18.2 Å². The van der Waals surface area contributed by atoms with Gasteiger partial charge >= 0.3 is 29.6 Å². The number of carbonyl (C=O) groups excluding carboxylic acids is 1. The van der Waals surface area contributed by atoms with Crippen LogP contribution in [-0.2, 0) is 9.15 Å². The number of hydrogen-bond donors (Lipinski definition) is 0. The molecule has 7 heteroatoms. The maximum Gasteiger partial charge on any atom is 1.00 e. The van der Waals surface area contributed by atoms with E-state index < -0.39 is 14.3 Å². The normalized spacial score (nSPS) is 10.4. The van der Waals surface area contributed by atoms with Crippen LogP contribution in [0.15, 0.2) is 30.3 Å². The van der Waals surface area contributed by atoms with E-state index in [1.165, 1.54) is 12.1 Å². The zero-order chi connectivity index (χ0) is 9.90. The predicted molar refractivity (Wildman–Crippen MR) is 48.1 cm³/mol. The summed E-state index contributed by atoms with van der Waals surface area (Å²) < 4.78 is 30.6. The van der Waals surface area contributed by atoms with E-state index in [2.05, 4.69) is 0 Å². The zero-order valence-corrected chi connectivity index (χ0v) is 11.0. The summed E-state index contributed by atoms with van der Waals surface area (Å²) in [5.41, 5.74) is 0.201. The smallest absolute Gasteiger partial charge is 0.739 e. The van der Waals surface area contributed by atoms with Gasteiger partial charge in [-0.25, -0.2) is 8.42 Å². The summed E-state index contributed by atoms with van der Waals surface area (Å²) in [4.78, 5) is 11.0. The molecule has 0 aliphatic carbocycles. The van der Waals surface area contributed by atoms with Gasteiger partial charge in [-0.3, -0.25) is 4.79 Å². The van der Waals surface area contributed by atoms with Crippen molar-refractivity contribution in [2.24, 2.45) is 0 Å². The Hall–Kier alpha value is 0.150. The van der Waals surface area contributed by atoms with Crippen molar-refractivity contribution in [3.63, 3.8) is 0 Å². The number of hydrogen-bond acceptors (Lipinski definition) is 5. The quantitative estimate of drug-likeness (QED) is 0.340. The summed E-state index contributed by atoms with van der Waals surface area (Å²) >= 11 is 0. The Kier molecular flexibility index (Phi) is 5.96.